The van der Waals surface area contributed by atoms with Crippen LogP contribution in [0.25, 0.3) is 0 Å². The maximum Gasteiger partial charge on any atom is 0.310 e. The number of carbonyl (C=O) groups is 4. The summed E-state index contributed by atoms with van der Waals surface area (Å²) in [6, 6.07) is 0. The number of aliphatic carboxylic acids is 4. The van der Waals surface area contributed by atoms with E-state index in [-0.39, 0.29) is 38.5 Å². The van der Waals surface area contributed by atoms with Gasteiger partial charge in [-0.15, -0.1) is 0 Å². The molecule has 0 amide bonds. The summed E-state index contributed by atoms with van der Waals surface area (Å²) in [7, 11) is 0. The second-order valence-electron chi connectivity index (χ2n) is 5.23. The lowest BCUT2D eigenvalue weighted by molar-refractivity contribution is -0.141. The van der Waals surface area contributed by atoms with Gasteiger partial charge in [-0.1, -0.05) is 24.3 Å². The van der Waals surface area contributed by atoms with Crippen molar-refractivity contribution >= 4 is 23.9 Å². The fourth-order valence-corrected chi connectivity index (χ4v) is 1.95. The van der Waals surface area contributed by atoms with E-state index >= 15 is 0 Å². The third-order valence-corrected chi connectivity index (χ3v) is 3.24. The van der Waals surface area contributed by atoms with Gasteiger partial charge in [0.2, 0.25) is 0 Å². The number of carboxylic acids is 4. The summed E-state index contributed by atoms with van der Waals surface area (Å²) in [5.41, 5.74) is 0. The molecule has 0 radical (unpaired) electrons. The molecule has 0 saturated heterocycles. The standard InChI is InChI=1S/C16H22O8/c17-13(18)9-3-7-11(15(21)22)5-1-2-6-12(16(23)24)8-4-10-14(19)20/h1-2,5-6,11-12H,3-4,7-10H2,(H,17,18)(H,19,20)(H,21,22)(H,23,24)/b5-1-,6-2-. The van der Waals surface area contributed by atoms with E-state index in [1.54, 1.807) is 0 Å². The molecular weight excluding hydrogens is 320 g/mol. The first-order valence-electron chi connectivity index (χ1n) is 7.48. The van der Waals surface area contributed by atoms with Crippen molar-refractivity contribution in [2.45, 2.75) is 38.5 Å². The minimum atomic E-state index is -1.08. The van der Waals surface area contributed by atoms with Crippen LogP contribution in [0.1, 0.15) is 38.5 Å². The number of carboxylic acid groups (broad SMARTS) is 4. The molecule has 0 aliphatic heterocycles. The Morgan fingerprint density at radius 1 is 0.667 bits per heavy atom. The van der Waals surface area contributed by atoms with Crippen molar-refractivity contribution < 1.29 is 39.6 Å². The van der Waals surface area contributed by atoms with Gasteiger partial charge in [-0.3, -0.25) is 19.2 Å². The monoisotopic (exact) mass is 342 g/mol. The Labute approximate surface area is 139 Å². The Morgan fingerprint density at radius 2 is 1.00 bits per heavy atom. The van der Waals surface area contributed by atoms with Gasteiger partial charge >= 0.3 is 23.9 Å². The fourth-order valence-electron chi connectivity index (χ4n) is 1.95. The molecule has 0 aromatic rings. The first-order valence-corrected chi connectivity index (χ1v) is 7.48. The molecule has 0 aromatic heterocycles. The highest BCUT2D eigenvalue weighted by Gasteiger charge is 2.15. The van der Waals surface area contributed by atoms with Crippen LogP contribution in [0.4, 0.5) is 0 Å². The van der Waals surface area contributed by atoms with Gasteiger partial charge in [0.25, 0.3) is 0 Å². The molecule has 0 spiro atoms. The second-order valence-corrected chi connectivity index (χ2v) is 5.23. The Morgan fingerprint density at radius 3 is 1.25 bits per heavy atom. The van der Waals surface area contributed by atoms with Gasteiger partial charge in [-0.2, -0.15) is 0 Å². The van der Waals surface area contributed by atoms with E-state index in [1.165, 1.54) is 24.3 Å². The van der Waals surface area contributed by atoms with Crippen LogP contribution < -0.4 is 0 Å². The van der Waals surface area contributed by atoms with E-state index < -0.39 is 35.7 Å². The molecule has 0 heterocycles. The van der Waals surface area contributed by atoms with E-state index in [0.717, 1.165) is 0 Å². The first-order chi connectivity index (χ1) is 11.2. The average Bonchev–Trinajstić information content (AvgIpc) is 2.46. The van der Waals surface area contributed by atoms with Crippen LogP contribution in [0.3, 0.4) is 0 Å². The zero-order chi connectivity index (χ0) is 18.5. The highest BCUT2D eigenvalue weighted by molar-refractivity contribution is 5.73. The molecule has 134 valence electrons. The van der Waals surface area contributed by atoms with Crippen molar-refractivity contribution in [1.29, 1.82) is 0 Å². The largest absolute Gasteiger partial charge is 0.481 e. The maximum atomic E-state index is 11.0. The van der Waals surface area contributed by atoms with Gasteiger partial charge in [0.1, 0.15) is 0 Å². The second kappa shape index (κ2) is 11.9. The Kier molecular flexibility index (Phi) is 10.6. The van der Waals surface area contributed by atoms with E-state index in [2.05, 4.69) is 0 Å². The maximum absolute atomic E-state index is 11.0. The predicted molar refractivity (Wildman–Crippen MR) is 83.5 cm³/mol. The summed E-state index contributed by atoms with van der Waals surface area (Å²) in [5.74, 6) is -5.83. The van der Waals surface area contributed by atoms with Crippen molar-refractivity contribution in [2.24, 2.45) is 11.8 Å². The highest BCUT2D eigenvalue weighted by atomic mass is 16.4. The lowest BCUT2D eigenvalue weighted by atomic mass is 10.00. The molecule has 24 heavy (non-hydrogen) atoms. The quantitative estimate of drug-likeness (QED) is 0.371. The molecule has 0 bridgehead atoms. The van der Waals surface area contributed by atoms with E-state index in [0.29, 0.717) is 0 Å². The topological polar surface area (TPSA) is 149 Å². The number of allylic oxidation sites excluding steroid dienone is 2. The van der Waals surface area contributed by atoms with Gasteiger partial charge in [-0.25, -0.2) is 0 Å². The third-order valence-electron chi connectivity index (χ3n) is 3.24. The first kappa shape index (κ1) is 21.4. The molecule has 0 aromatic carbocycles. The normalized spacial score (nSPS) is 13.8. The average molecular weight is 342 g/mol. The fraction of sp³-hybridized carbons (Fsp3) is 0.500. The number of hydrogen-bond donors (Lipinski definition) is 4. The van der Waals surface area contributed by atoms with Gasteiger partial charge < -0.3 is 20.4 Å². The summed E-state index contributed by atoms with van der Waals surface area (Å²) in [6.07, 6.45) is 6.14. The van der Waals surface area contributed by atoms with Crippen molar-refractivity contribution in [3.8, 4) is 0 Å². The molecule has 0 aliphatic rings. The van der Waals surface area contributed by atoms with Crippen LogP contribution in [-0.2, 0) is 19.2 Å². The van der Waals surface area contributed by atoms with Crippen LogP contribution in [0.2, 0.25) is 0 Å². The molecule has 2 atom stereocenters. The van der Waals surface area contributed by atoms with E-state index in [9.17, 15) is 19.2 Å². The van der Waals surface area contributed by atoms with Gasteiger partial charge in [0.15, 0.2) is 0 Å². The van der Waals surface area contributed by atoms with Crippen molar-refractivity contribution in [2.75, 3.05) is 0 Å². The highest BCUT2D eigenvalue weighted by Crippen LogP contribution is 2.13. The van der Waals surface area contributed by atoms with Crippen molar-refractivity contribution in [1.82, 2.24) is 0 Å². The lowest BCUT2D eigenvalue weighted by Gasteiger charge is -2.06. The Bertz CT molecular complexity index is 460. The predicted octanol–water partition coefficient (Wildman–Crippen LogP) is 2.01. The molecule has 0 aliphatic carbocycles. The summed E-state index contributed by atoms with van der Waals surface area (Å²) in [6.45, 7) is 0. The van der Waals surface area contributed by atoms with Crippen LogP contribution in [-0.4, -0.2) is 44.3 Å². The van der Waals surface area contributed by atoms with E-state index in [1.807, 2.05) is 0 Å². The Hall–Kier alpha value is -2.64. The molecule has 0 fully saturated rings. The van der Waals surface area contributed by atoms with Crippen LogP contribution in [0.15, 0.2) is 24.3 Å². The molecular formula is C16H22O8. The van der Waals surface area contributed by atoms with Crippen molar-refractivity contribution in [3.63, 3.8) is 0 Å². The summed E-state index contributed by atoms with van der Waals surface area (Å²) >= 11 is 0. The van der Waals surface area contributed by atoms with Crippen LogP contribution >= 0.6 is 0 Å². The molecule has 8 heteroatoms. The smallest absolute Gasteiger partial charge is 0.310 e. The third kappa shape index (κ3) is 11.0. The van der Waals surface area contributed by atoms with Gasteiger partial charge in [0, 0.05) is 12.8 Å². The zero-order valence-electron chi connectivity index (χ0n) is 13.1. The molecule has 0 rings (SSSR count). The zero-order valence-corrected chi connectivity index (χ0v) is 13.1. The van der Waals surface area contributed by atoms with Crippen LogP contribution in [0.5, 0.6) is 0 Å². The Balaban J connectivity index is 4.52. The summed E-state index contributed by atoms with van der Waals surface area (Å²) in [5, 5.41) is 35.1. The lowest BCUT2D eigenvalue weighted by Crippen LogP contribution is -2.12. The molecule has 4 N–H and O–H groups in total. The van der Waals surface area contributed by atoms with Gasteiger partial charge in [0.05, 0.1) is 11.8 Å². The minimum absolute atomic E-state index is 0.113. The van der Waals surface area contributed by atoms with Gasteiger partial charge in [-0.05, 0) is 25.7 Å². The van der Waals surface area contributed by atoms with E-state index in [4.69, 9.17) is 20.4 Å². The number of rotatable bonds is 13. The van der Waals surface area contributed by atoms with Crippen LogP contribution in [0, 0.1) is 11.8 Å². The van der Waals surface area contributed by atoms with Crippen molar-refractivity contribution in [3.05, 3.63) is 24.3 Å². The molecule has 8 nitrogen and oxygen atoms in total. The minimum Gasteiger partial charge on any atom is -0.481 e. The molecule has 0 saturated carbocycles. The number of hydrogen-bond acceptors (Lipinski definition) is 4. The summed E-state index contributed by atoms with van der Waals surface area (Å²) < 4.78 is 0. The SMILES string of the molecule is O=C(O)CCCC(/C=C\C=C/C(CCCC(=O)O)C(=O)O)C(=O)O. The summed E-state index contributed by atoms with van der Waals surface area (Å²) in [4.78, 5) is 42.9. The molecule has 2 unspecified atom stereocenters.